The maximum Gasteiger partial charge on any atom is 0.257 e. The Kier molecular flexibility index (Phi) is 6.16. The van der Waals surface area contributed by atoms with Crippen LogP contribution in [0.15, 0.2) is 35.1 Å². The first-order valence-corrected chi connectivity index (χ1v) is 9.53. The topological polar surface area (TPSA) is 69.6 Å². The summed E-state index contributed by atoms with van der Waals surface area (Å²) in [6, 6.07) is 9.07. The smallest absolute Gasteiger partial charge is 0.257 e. The van der Waals surface area contributed by atoms with Crippen LogP contribution in [0.3, 0.4) is 0 Å². The fraction of sp³-hybridized carbons (Fsp3) is 0.429. The van der Waals surface area contributed by atoms with Crippen molar-refractivity contribution in [1.82, 2.24) is 9.88 Å². The van der Waals surface area contributed by atoms with Crippen molar-refractivity contribution in [3.8, 4) is 11.5 Å². The van der Waals surface area contributed by atoms with Gasteiger partial charge in [0.15, 0.2) is 0 Å². The number of ether oxygens (including phenoxy) is 2. The molecule has 3 rings (SSSR count). The van der Waals surface area contributed by atoms with E-state index in [0.29, 0.717) is 44.0 Å². The Hall–Kier alpha value is -2.76. The van der Waals surface area contributed by atoms with Crippen LogP contribution in [-0.2, 0) is 19.5 Å². The van der Waals surface area contributed by atoms with Crippen LogP contribution in [0.5, 0.6) is 11.5 Å². The predicted octanol–water partition coefficient (Wildman–Crippen LogP) is 2.91. The van der Waals surface area contributed by atoms with E-state index in [2.05, 4.69) is 5.32 Å². The van der Waals surface area contributed by atoms with Crippen molar-refractivity contribution < 1.29 is 14.3 Å². The highest BCUT2D eigenvalue weighted by Crippen LogP contribution is 2.25. The lowest BCUT2D eigenvalue weighted by molar-refractivity contribution is 0.0944. The molecule has 2 aromatic rings. The van der Waals surface area contributed by atoms with E-state index in [9.17, 15) is 9.59 Å². The van der Waals surface area contributed by atoms with Gasteiger partial charge in [-0.25, -0.2) is 0 Å². The second kappa shape index (κ2) is 8.75. The number of amides is 1. The standard InChI is InChI=1S/C21H26N2O4/c1-3-26-16-10-8-15(9-11-16)14-22-21(25)20-17-7-5-6-12-23(17)19(24)13-18(20)27-4-2/h8-11,13H,3-7,12,14H2,1-2H3,(H,22,25). The van der Waals surface area contributed by atoms with Gasteiger partial charge >= 0.3 is 0 Å². The Morgan fingerprint density at radius 3 is 2.56 bits per heavy atom. The SMILES string of the molecule is CCOc1ccc(CNC(=O)c2c(OCC)cc(=O)n3c2CCCC3)cc1. The van der Waals surface area contributed by atoms with E-state index < -0.39 is 0 Å². The van der Waals surface area contributed by atoms with Crippen molar-refractivity contribution >= 4 is 5.91 Å². The number of hydrogen-bond donors (Lipinski definition) is 1. The minimum absolute atomic E-state index is 0.101. The summed E-state index contributed by atoms with van der Waals surface area (Å²) in [5, 5.41) is 2.96. The molecule has 1 aliphatic heterocycles. The molecule has 1 aromatic carbocycles. The summed E-state index contributed by atoms with van der Waals surface area (Å²) in [6.07, 6.45) is 2.63. The molecule has 144 valence electrons. The molecule has 1 aromatic heterocycles. The number of carbonyl (C=O) groups excluding carboxylic acids is 1. The summed E-state index contributed by atoms with van der Waals surface area (Å²) in [5.74, 6) is 0.973. The van der Waals surface area contributed by atoms with Crippen molar-refractivity contribution in [3.63, 3.8) is 0 Å². The molecular formula is C21H26N2O4. The Bertz CT molecular complexity index is 856. The molecule has 0 bridgehead atoms. The van der Waals surface area contributed by atoms with E-state index in [0.717, 1.165) is 29.8 Å². The van der Waals surface area contributed by atoms with Gasteiger partial charge in [0.25, 0.3) is 11.5 Å². The Balaban J connectivity index is 1.82. The van der Waals surface area contributed by atoms with E-state index >= 15 is 0 Å². The van der Waals surface area contributed by atoms with Crippen LogP contribution in [-0.4, -0.2) is 23.7 Å². The first-order chi connectivity index (χ1) is 13.1. The summed E-state index contributed by atoms with van der Waals surface area (Å²) < 4.78 is 12.8. The number of rotatable bonds is 7. The molecule has 1 N–H and O–H groups in total. The number of hydrogen-bond acceptors (Lipinski definition) is 4. The number of aromatic nitrogens is 1. The summed E-state index contributed by atoms with van der Waals surface area (Å²) in [7, 11) is 0. The minimum atomic E-state index is -0.210. The van der Waals surface area contributed by atoms with Crippen LogP contribution in [0, 0.1) is 0 Å². The highest BCUT2D eigenvalue weighted by Gasteiger charge is 2.24. The predicted molar refractivity (Wildman–Crippen MR) is 104 cm³/mol. The van der Waals surface area contributed by atoms with Crippen molar-refractivity contribution in [2.75, 3.05) is 13.2 Å². The zero-order valence-corrected chi connectivity index (χ0v) is 15.9. The zero-order chi connectivity index (χ0) is 19.2. The molecule has 1 amide bonds. The van der Waals surface area contributed by atoms with Crippen molar-refractivity contribution in [2.24, 2.45) is 0 Å². The van der Waals surface area contributed by atoms with Gasteiger partial charge in [-0.05, 0) is 50.8 Å². The molecule has 6 nitrogen and oxygen atoms in total. The number of pyridine rings is 1. The van der Waals surface area contributed by atoms with Crippen molar-refractivity contribution in [3.05, 3.63) is 57.5 Å². The van der Waals surface area contributed by atoms with E-state index in [1.54, 1.807) is 4.57 Å². The maximum atomic E-state index is 12.9. The molecule has 2 heterocycles. The first kappa shape index (κ1) is 19.0. The highest BCUT2D eigenvalue weighted by atomic mass is 16.5. The number of nitrogens with zero attached hydrogens (tertiary/aromatic N) is 1. The summed E-state index contributed by atoms with van der Waals surface area (Å²) in [5.41, 5.74) is 2.14. The average molecular weight is 370 g/mol. The van der Waals surface area contributed by atoms with Gasteiger partial charge < -0.3 is 19.4 Å². The fourth-order valence-electron chi connectivity index (χ4n) is 3.39. The van der Waals surface area contributed by atoms with Crippen LogP contribution in [0.2, 0.25) is 0 Å². The third-order valence-electron chi connectivity index (χ3n) is 4.64. The van der Waals surface area contributed by atoms with E-state index in [1.807, 2.05) is 38.1 Å². The fourth-order valence-corrected chi connectivity index (χ4v) is 3.39. The summed E-state index contributed by atoms with van der Waals surface area (Å²) in [6.45, 7) is 5.86. The van der Waals surface area contributed by atoms with Crippen LogP contribution in [0.4, 0.5) is 0 Å². The van der Waals surface area contributed by atoms with Crippen LogP contribution >= 0.6 is 0 Å². The van der Waals surface area contributed by atoms with E-state index in [4.69, 9.17) is 9.47 Å². The third kappa shape index (κ3) is 4.32. The third-order valence-corrected chi connectivity index (χ3v) is 4.64. The molecule has 0 unspecified atom stereocenters. The first-order valence-electron chi connectivity index (χ1n) is 9.53. The van der Waals surface area contributed by atoms with Gasteiger partial charge in [-0.3, -0.25) is 9.59 Å². The summed E-state index contributed by atoms with van der Waals surface area (Å²) in [4.78, 5) is 25.3. The monoisotopic (exact) mass is 370 g/mol. The van der Waals surface area contributed by atoms with Gasteiger partial charge in [0.2, 0.25) is 0 Å². The second-order valence-electron chi connectivity index (χ2n) is 6.47. The van der Waals surface area contributed by atoms with Gasteiger partial charge in [-0.2, -0.15) is 0 Å². The average Bonchev–Trinajstić information content (AvgIpc) is 2.68. The Labute approximate surface area is 159 Å². The van der Waals surface area contributed by atoms with Gasteiger partial charge in [-0.15, -0.1) is 0 Å². The Morgan fingerprint density at radius 2 is 1.85 bits per heavy atom. The lowest BCUT2D eigenvalue weighted by Gasteiger charge is -2.23. The largest absolute Gasteiger partial charge is 0.494 e. The molecule has 0 atom stereocenters. The molecular weight excluding hydrogens is 344 g/mol. The number of fused-ring (bicyclic) bond motifs is 1. The summed E-state index contributed by atoms with van der Waals surface area (Å²) >= 11 is 0. The van der Waals surface area contributed by atoms with Gasteiger partial charge in [-0.1, -0.05) is 12.1 Å². The normalized spacial score (nSPS) is 13.0. The Morgan fingerprint density at radius 1 is 1.11 bits per heavy atom. The molecule has 0 spiro atoms. The molecule has 6 heteroatoms. The van der Waals surface area contributed by atoms with Crippen LogP contribution in [0.25, 0.3) is 0 Å². The van der Waals surface area contributed by atoms with Crippen LogP contribution < -0.4 is 20.3 Å². The van der Waals surface area contributed by atoms with E-state index in [1.165, 1.54) is 6.07 Å². The molecule has 0 aliphatic carbocycles. The molecule has 0 fully saturated rings. The van der Waals surface area contributed by atoms with Gasteiger partial charge in [0.1, 0.15) is 17.1 Å². The van der Waals surface area contributed by atoms with Crippen LogP contribution in [0.1, 0.15) is 48.3 Å². The number of nitrogens with one attached hydrogen (secondary N) is 1. The van der Waals surface area contributed by atoms with Crippen molar-refractivity contribution in [2.45, 2.75) is 46.2 Å². The minimum Gasteiger partial charge on any atom is -0.494 e. The van der Waals surface area contributed by atoms with Gasteiger partial charge in [0, 0.05) is 24.8 Å². The second-order valence-corrected chi connectivity index (χ2v) is 6.47. The zero-order valence-electron chi connectivity index (χ0n) is 15.9. The number of benzene rings is 1. The number of carbonyl (C=O) groups is 1. The van der Waals surface area contributed by atoms with E-state index in [-0.39, 0.29) is 11.5 Å². The molecule has 0 saturated heterocycles. The maximum absolute atomic E-state index is 12.9. The van der Waals surface area contributed by atoms with Gasteiger partial charge in [0.05, 0.1) is 13.2 Å². The lowest BCUT2D eigenvalue weighted by Crippen LogP contribution is -2.33. The molecule has 0 saturated carbocycles. The molecule has 1 aliphatic rings. The molecule has 0 radical (unpaired) electrons. The highest BCUT2D eigenvalue weighted by molar-refractivity contribution is 5.98. The lowest BCUT2D eigenvalue weighted by atomic mass is 10.0. The quantitative estimate of drug-likeness (QED) is 0.814. The molecule has 27 heavy (non-hydrogen) atoms. The van der Waals surface area contributed by atoms with Crippen molar-refractivity contribution in [1.29, 1.82) is 0 Å².